The van der Waals surface area contributed by atoms with Gasteiger partial charge < -0.3 is 5.32 Å². The van der Waals surface area contributed by atoms with Gasteiger partial charge in [0.15, 0.2) is 0 Å². The van der Waals surface area contributed by atoms with E-state index in [1.807, 2.05) is 25.1 Å². The molecule has 1 atom stereocenters. The van der Waals surface area contributed by atoms with Gasteiger partial charge in [-0.2, -0.15) is 5.10 Å². The van der Waals surface area contributed by atoms with Crippen molar-refractivity contribution >= 4 is 29.4 Å². The smallest absolute Gasteiger partial charge is 0.240 e. The average molecular weight is 575 g/mol. The maximum absolute atomic E-state index is 13.9. The van der Waals surface area contributed by atoms with Crippen molar-refractivity contribution < 1.29 is 18.4 Å². The van der Waals surface area contributed by atoms with E-state index in [-0.39, 0.29) is 47.5 Å². The molecule has 0 saturated heterocycles. The number of aryl methyl sites for hydroxylation is 1. The molecule has 0 fully saturated rings. The van der Waals surface area contributed by atoms with Gasteiger partial charge in [0.25, 0.3) is 0 Å². The molecule has 0 radical (unpaired) electrons. The third-order valence-corrected chi connectivity index (χ3v) is 8.17. The van der Waals surface area contributed by atoms with Gasteiger partial charge in [0, 0.05) is 17.5 Å². The highest BCUT2D eigenvalue weighted by Gasteiger charge is 2.40. The lowest BCUT2D eigenvalue weighted by molar-refractivity contribution is -0.123. The molecule has 0 spiro atoms. The second-order valence-corrected chi connectivity index (χ2v) is 12.3. The molecule has 1 aromatic heterocycles. The van der Waals surface area contributed by atoms with Crippen LogP contribution in [0.3, 0.4) is 0 Å². The first-order valence-corrected chi connectivity index (χ1v) is 14.4. The highest BCUT2D eigenvalue weighted by Crippen LogP contribution is 2.48. The average Bonchev–Trinajstić information content (AvgIpc) is 3.26. The van der Waals surface area contributed by atoms with Gasteiger partial charge in [-0.05, 0) is 54.4 Å². The van der Waals surface area contributed by atoms with E-state index in [0.717, 1.165) is 27.9 Å². The van der Waals surface area contributed by atoms with Crippen LogP contribution >= 0.6 is 11.8 Å². The number of nitrogens with zero attached hydrogens (tertiary/aromatic N) is 3. The molecule has 0 saturated carbocycles. The van der Waals surface area contributed by atoms with Gasteiger partial charge in [0.05, 0.1) is 22.4 Å². The zero-order valence-electron chi connectivity index (χ0n) is 23.4. The molecule has 2 amide bonds. The Morgan fingerprint density at radius 1 is 1.02 bits per heavy atom. The van der Waals surface area contributed by atoms with Crippen LogP contribution in [0.15, 0.2) is 72.8 Å². The van der Waals surface area contributed by atoms with Gasteiger partial charge in [-0.15, -0.1) is 11.8 Å². The van der Waals surface area contributed by atoms with Crippen molar-refractivity contribution in [1.29, 1.82) is 0 Å². The number of hydrogen-bond acceptors (Lipinski definition) is 4. The number of anilines is 1. The summed E-state index contributed by atoms with van der Waals surface area (Å²) in [5.74, 6) is -0.675. The number of aromatic nitrogens is 2. The second kappa shape index (κ2) is 11.5. The summed E-state index contributed by atoms with van der Waals surface area (Å²) < 4.78 is 28.9. The molecule has 5 rings (SSSR count). The van der Waals surface area contributed by atoms with Gasteiger partial charge in [0.2, 0.25) is 11.8 Å². The van der Waals surface area contributed by atoms with Crippen LogP contribution in [0.1, 0.15) is 54.0 Å². The van der Waals surface area contributed by atoms with E-state index in [0.29, 0.717) is 11.5 Å². The second-order valence-electron chi connectivity index (χ2n) is 11.2. The Balaban J connectivity index is 1.63. The van der Waals surface area contributed by atoms with Crippen molar-refractivity contribution in [3.05, 3.63) is 112 Å². The van der Waals surface area contributed by atoms with Crippen molar-refractivity contribution in [2.24, 2.45) is 0 Å². The zero-order chi connectivity index (χ0) is 29.3. The van der Waals surface area contributed by atoms with Crippen LogP contribution in [-0.2, 0) is 21.5 Å². The lowest BCUT2D eigenvalue weighted by Gasteiger charge is -2.24. The van der Waals surface area contributed by atoms with E-state index in [9.17, 15) is 18.4 Å². The number of carbonyl (C=O) groups is 2. The SMILES string of the molecule is Cc1cccc([C@@H]2SCC(=O)N(CC(=O)NCc3ccc(F)cc3)c3c2c(C(C)(C)C)nn3-c2ccc(F)cc2)c1. The molecule has 0 bridgehead atoms. The van der Waals surface area contributed by atoms with Crippen LogP contribution in [0.5, 0.6) is 0 Å². The minimum absolute atomic E-state index is 0.158. The summed E-state index contributed by atoms with van der Waals surface area (Å²) in [4.78, 5) is 28.5. The maximum Gasteiger partial charge on any atom is 0.240 e. The molecule has 9 heteroatoms. The van der Waals surface area contributed by atoms with Crippen LogP contribution in [0.2, 0.25) is 0 Å². The third kappa shape index (κ3) is 6.20. The molecule has 212 valence electrons. The van der Waals surface area contributed by atoms with Gasteiger partial charge in [-0.3, -0.25) is 14.5 Å². The van der Waals surface area contributed by atoms with Gasteiger partial charge >= 0.3 is 0 Å². The number of carbonyl (C=O) groups excluding carboxylic acids is 2. The summed E-state index contributed by atoms with van der Waals surface area (Å²) in [5, 5.41) is 7.65. The number of hydrogen-bond donors (Lipinski definition) is 1. The van der Waals surface area contributed by atoms with Crippen LogP contribution in [0, 0.1) is 18.6 Å². The zero-order valence-corrected chi connectivity index (χ0v) is 24.3. The summed E-state index contributed by atoms with van der Waals surface area (Å²) in [5.41, 5.74) is 4.71. The molecule has 0 aliphatic carbocycles. The van der Waals surface area contributed by atoms with Crippen molar-refractivity contribution in [3.8, 4) is 5.69 Å². The lowest BCUT2D eigenvalue weighted by Crippen LogP contribution is -2.42. The normalized spacial score (nSPS) is 15.4. The largest absolute Gasteiger partial charge is 0.350 e. The number of thioether (sulfide) groups is 1. The summed E-state index contributed by atoms with van der Waals surface area (Å²) in [6, 6.07) is 20.0. The molecule has 2 heterocycles. The van der Waals surface area contributed by atoms with Crippen molar-refractivity contribution in [1.82, 2.24) is 15.1 Å². The molecule has 3 aromatic carbocycles. The maximum atomic E-state index is 13.9. The molecule has 4 aromatic rings. The number of halogens is 2. The molecular weight excluding hydrogens is 542 g/mol. The van der Waals surface area contributed by atoms with Gasteiger partial charge in [-0.25, -0.2) is 13.5 Å². The lowest BCUT2D eigenvalue weighted by atomic mass is 9.87. The fourth-order valence-electron chi connectivity index (χ4n) is 4.93. The fraction of sp³-hybridized carbons (Fsp3) is 0.281. The standard InChI is InChI=1S/C32H32F2N4O2S/c1-20-6-5-7-22(16-20)29-28-30(32(2,3)4)36-38(25-14-12-24(34)13-15-25)31(28)37(27(40)19-41-29)18-26(39)35-17-21-8-10-23(33)11-9-21/h5-16,29H,17-19H2,1-4H3,(H,35,39)/t29-/m0/s1. The van der Waals surface area contributed by atoms with Crippen molar-refractivity contribution in [2.75, 3.05) is 17.2 Å². The van der Waals surface area contributed by atoms with E-state index < -0.39 is 5.41 Å². The Labute approximate surface area is 242 Å². The number of nitrogens with one attached hydrogen (secondary N) is 1. The molecular formula is C32H32F2N4O2S. The van der Waals surface area contributed by atoms with Crippen molar-refractivity contribution in [3.63, 3.8) is 0 Å². The number of benzene rings is 3. The summed E-state index contributed by atoms with van der Waals surface area (Å²) in [7, 11) is 0. The summed E-state index contributed by atoms with van der Waals surface area (Å²) >= 11 is 1.51. The summed E-state index contributed by atoms with van der Waals surface area (Å²) in [6.07, 6.45) is 0. The highest BCUT2D eigenvalue weighted by atomic mass is 32.2. The fourth-order valence-corrected chi connectivity index (χ4v) is 6.12. The number of amides is 2. The van der Waals surface area contributed by atoms with Crippen LogP contribution in [0.25, 0.3) is 5.69 Å². The quantitative estimate of drug-likeness (QED) is 0.296. The minimum Gasteiger partial charge on any atom is -0.350 e. The first-order chi connectivity index (χ1) is 19.5. The molecule has 1 N–H and O–H groups in total. The Morgan fingerprint density at radius 2 is 1.68 bits per heavy atom. The predicted molar refractivity (Wildman–Crippen MR) is 158 cm³/mol. The predicted octanol–water partition coefficient (Wildman–Crippen LogP) is 6.24. The topological polar surface area (TPSA) is 67.2 Å². The van der Waals surface area contributed by atoms with Gasteiger partial charge in [0.1, 0.15) is 24.0 Å². The molecule has 0 unspecified atom stereocenters. The first kappa shape index (κ1) is 28.5. The van der Waals surface area contributed by atoms with Crippen LogP contribution in [0.4, 0.5) is 14.6 Å². The first-order valence-electron chi connectivity index (χ1n) is 13.4. The van der Waals surface area contributed by atoms with Crippen molar-refractivity contribution in [2.45, 2.75) is 44.9 Å². The third-order valence-electron chi connectivity index (χ3n) is 6.92. The van der Waals surface area contributed by atoms with E-state index >= 15 is 0 Å². The molecule has 1 aliphatic rings. The van der Waals surface area contributed by atoms with E-state index in [4.69, 9.17) is 5.10 Å². The molecule has 41 heavy (non-hydrogen) atoms. The minimum atomic E-state index is -0.401. The molecule has 6 nitrogen and oxygen atoms in total. The van der Waals surface area contributed by atoms with E-state index in [2.05, 4.69) is 32.2 Å². The van der Waals surface area contributed by atoms with Gasteiger partial charge in [-0.1, -0.05) is 62.7 Å². The Bertz CT molecular complexity index is 1580. The van der Waals surface area contributed by atoms with Crippen LogP contribution in [-0.4, -0.2) is 33.9 Å². The van der Waals surface area contributed by atoms with E-state index in [1.165, 1.54) is 40.9 Å². The van der Waals surface area contributed by atoms with E-state index in [1.54, 1.807) is 28.9 Å². The number of rotatable bonds is 6. The highest BCUT2D eigenvalue weighted by molar-refractivity contribution is 8.00. The number of fused-ring (bicyclic) bond motifs is 1. The Morgan fingerprint density at radius 3 is 2.32 bits per heavy atom. The summed E-state index contributed by atoms with van der Waals surface area (Å²) in [6.45, 7) is 8.18. The monoisotopic (exact) mass is 574 g/mol. The van der Waals surface area contributed by atoms with Crippen LogP contribution < -0.4 is 10.2 Å². The molecule has 1 aliphatic heterocycles. The Hall–Kier alpha value is -3.98. The Kier molecular flexibility index (Phi) is 8.00.